The fourth-order valence-corrected chi connectivity index (χ4v) is 0.855. The van der Waals surface area contributed by atoms with Crippen molar-refractivity contribution in [3.63, 3.8) is 0 Å². The molecular formula is C9H20N2O2. The Labute approximate surface area is 80.2 Å². The second kappa shape index (κ2) is 6.86. The van der Waals surface area contributed by atoms with Gasteiger partial charge in [0.2, 0.25) is 0 Å². The van der Waals surface area contributed by atoms with E-state index in [-0.39, 0.29) is 12.0 Å². The van der Waals surface area contributed by atoms with E-state index in [9.17, 15) is 4.79 Å². The summed E-state index contributed by atoms with van der Waals surface area (Å²) < 4.78 is 4.85. The molecule has 0 aromatic heterocycles. The van der Waals surface area contributed by atoms with Crippen LogP contribution in [0.3, 0.4) is 0 Å². The minimum Gasteiger partial charge on any atom is -0.465 e. The van der Waals surface area contributed by atoms with Gasteiger partial charge in [-0.25, -0.2) is 0 Å². The molecule has 0 bridgehead atoms. The molecule has 0 aliphatic heterocycles. The molecule has 0 fully saturated rings. The zero-order valence-electron chi connectivity index (χ0n) is 8.96. The first-order valence-electron chi connectivity index (χ1n) is 4.62. The van der Waals surface area contributed by atoms with Crippen molar-refractivity contribution >= 4 is 5.97 Å². The highest BCUT2D eigenvalue weighted by atomic mass is 16.5. The molecule has 0 aliphatic carbocycles. The summed E-state index contributed by atoms with van der Waals surface area (Å²) >= 11 is 0. The minimum atomic E-state index is -0.208. The molecule has 1 N–H and O–H groups in total. The molecule has 0 aromatic carbocycles. The average Bonchev–Trinajstić information content (AvgIpc) is 2.04. The lowest BCUT2D eigenvalue weighted by molar-refractivity contribution is -0.145. The summed E-state index contributed by atoms with van der Waals surface area (Å²) in [7, 11) is 3.99. The molecule has 0 saturated carbocycles. The Hall–Kier alpha value is -0.610. The summed E-state index contributed by atoms with van der Waals surface area (Å²) in [6.45, 7) is 5.79. The van der Waals surface area contributed by atoms with Gasteiger partial charge in [-0.2, -0.15) is 0 Å². The summed E-state index contributed by atoms with van der Waals surface area (Å²) in [6.07, 6.45) is 0. The van der Waals surface area contributed by atoms with E-state index in [1.165, 1.54) is 0 Å². The molecule has 0 aromatic rings. The quantitative estimate of drug-likeness (QED) is 0.600. The lowest BCUT2D eigenvalue weighted by atomic mass is 10.3. The predicted molar refractivity (Wildman–Crippen MR) is 52.7 cm³/mol. The van der Waals surface area contributed by atoms with Gasteiger partial charge in [0.1, 0.15) is 6.04 Å². The van der Waals surface area contributed by atoms with Crippen LogP contribution in [-0.4, -0.2) is 50.7 Å². The van der Waals surface area contributed by atoms with Crippen LogP contribution in [0, 0.1) is 0 Å². The number of carbonyl (C=O) groups is 1. The zero-order chi connectivity index (χ0) is 10.3. The Morgan fingerprint density at radius 1 is 1.54 bits per heavy atom. The first-order valence-corrected chi connectivity index (χ1v) is 4.62. The zero-order valence-corrected chi connectivity index (χ0v) is 8.96. The lowest BCUT2D eigenvalue weighted by Crippen LogP contribution is -2.39. The Morgan fingerprint density at radius 2 is 2.15 bits per heavy atom. The topological polar surface area (TPSA) is 41.6 Å². The standard InChI is InChI=1S/C9H20N2O2/c1-5-13-9(12)8(2)10-6-7-11(3)4/h8,10H,5-7H2,1-4H3. The van der Waals surface area contributed by atoms with Crippen molar-refractivity contribution in [3.05, 3.63) is 0 Å². The van der Waals surface area contributed by atoms with Gasteiger partial charge in [0.05, 0.1) is 6.61 Å². The number of nitrogens with zero attached hydrogens (tertiary/aromatic N) is 1. The Kier molecular flexibility index (Phi) is 6.54. The van der Waals surface area contributed by atoms with Gasteiger partial charge >= 0.3 is 5.97 Å². The van der Waals surface area contributed by atoms with E-state index in [0.29, 0.717) is 6.61 Å². The largest absolute Gasteiger partial charge is 0.465 e. The number of hydrogen-bond donors (Lipinski definition) is 1. The van der Waals surface area contributed by atoms with Crippen molar-refractivity contribution in [2.75, 3.05) is 33.8 Å². The summed E-state index contributed by atoms with van der Waals surface area (Å²) in [6, 6.07) is -0.208. The van der Waals surface area contributed by atoms with Gasteiger partial charge in [-0.15, -0.1) is 0 Å². The smallest absolute Gasteiger partial charge is 0.322 e. The molecule has 13 heavy (non-hydrogen) atoms. The van der Waals surface area contributed by atoms with Crippen LogP contribution in [0.25, 0.3) is 0 Å². The molecule has 4 heteroatoms. The van der Waals surface area contributed by atoms with Gasteiger partial charge in [0.15, 0.2) is 0 Å². The SMILES string of the molecule is CCOC(=O)C(C)NCCN(C)C. The number of ether oxygens (including phenoxy) is 1. The van der Waals surface area contributed by atoms with Gasteiger partial charge in [-0.3, -0.25) is 4.79 Å². The van der Waals surface area contributed by atoms with E-state index in [1.54, 1.807) is 0 Å². The number of esters is 1. The van der Waals surface area contributed by atoms with Crippen LogP contribution in [0.1, 0.15) is 13.8 Å². The number of nitrogens with one attached hydrogen (secondary N) is 1. The number of carbonyl (C=O) groups excluding carboxylic acids is 1. The van der Waals surface area contributed by atoms with Crippen molar-refractivity contribution in [2.24, 2.45) is 0 Å². The van der Waals surface area contributed by atoms with E-state index in [1.807, 2.05) is 27.9 Å². The van der Waals surface area contributed by atoms with Crippen molar-refractivity contribution in [2.45, 2.75) is 19.9 Å². The van der Waals surface area contributed by atoms with Crippen LogP contribution in [0.2, 0.25) is 0 Å². The average molecular weight is 188 g/mol. The fraction of sp³-hybridized carbons (Fsp3) is 0.889. The monoisotopic (exact) mass is 188 g/mol. The molecule has 0 saturated heterocycles. The van der Waals surface area contributed by atoms with Crippen LogP contribution in [0.4, 0.5) is 0 Å². The van der Waals surface area contributed by atoms with Gasteiger partial charge in [0, 0.05) is 13.1 Å². The third kappa shape index (κ3) is 6.54. The fourth-order valence-electron chi connectivity index (χ4n) is 0.855. The predicted octanol–water partition coefficient (Wildman–Crippen LogP) is 0.0892. The van der Waals surface area contributed by atoms with Crippen molar-refractivity contribution in [1.82, 2.24) is 10.2 Å². The van der Waals surface area contributed by atoms with E-state index in [4.69, 9.17) is 4.74 Å². The summed E-state index contributed by atoms with van der Waals surface area (Å²) in [4.78, 5) is 13.2. The van der Waals surface area contributed by atoms with Crippen LogP contribution in [-0.2, 0) is 9.53 Å². The Morgan fingerprint density at radius 3 is 2.62 bits per heavy atom. The van der Waals surface area contributed by atoms with Gasteiger partial charge in [-0.1, -0.05) is 0 Å². The van der Waals surface area contributed by atoms with E-state index >= 15 is 0 Å². The summed E-state index contributed by atoms with van der Waals surface area (Å²) in [5, 5.41) is 3.08. The minimum absolute atomic E-state index is 0.179. The maximum atomic E-state index is 11.1. The first kappa shape index (κ1) is 12.4. The highest BCUT2D eigenvalue weighted by Gasteiger charge is 2.11. The van der Waals surface area contributed by atoms with Crippen molar-refractivity contribution in [3.8, 4) is 0 Å². The molecule has 0 heterocycles. The maximum absolute atomic E-state index is 11.1. The van der Waals surface area contributed by atoms with E-state index < -0.39 is 0 Å². The molecule has 78 valence electrons. The van der Waals surface area contributed by atoms with E-state index in [2.05, 4.69) is 10.2 Å². The molecule has 0 rings (SSSR count). The molecule has 1 unspecified atom stereocenters. The van der Waals surface area contributed by atoms with Crippen LogP contribution in [0.15, 0.2) is 0 Å². The third-order valence-corrected chi connectivity index (χ3v) is 1.65. The van der Waals surface area contributed by atoms with Crippen molar-refractivity contribution < 1.29 is 9.53 Å². The molecule has 4 nitrogen and oxygen atoms in total. The summed E-state index contributed by atoms with van der Waals surface area (Å²) in [5.74, 6) is -0.179. The highest BCUT2D eigenvalue weighted by molar-refractivity contribution is 5.75. The van der Waals surface area contributed by atoms with Gasteiger partial charge in [0.25, 0.3) is 0 Å². The van der Waals surface area contributed by atoms with Crippen LogP contribution in [0.5, 0.6) is 0 Å². The highest BCUT2D eigenvalue weighted by Crippen LogP contribution is 1.87. The number of likely N-dealkylation sites (N-methyl/N-ethyl adjacent to an activating group) is 1. The molecule has 0 spiro atoms. The molecule has 0 aliphatic rings. The Balaban J connectivity index is 3.49. The third-order valence-electron chi connectivity index (χ3n) is 1.65. The molecule has 0 radical (unpaired) electrons. The maximum Gasteiger partial charge on any atom is 0.322 e. The second-order valence-electron chi connectivity index (χ2n) is 3.23. The summed E-state index contributed by atoms with van der Waals surface area (Å²) in [5.41, 5.74) is 0. The normalized spacial score (nSPS) is 13.0. The Bertz CT molecular complexity index is 149. The van der Waals surface area contributed by atoms with Crippen molar-refractivity contribution in [1.29, 1.82) is 0 Å². The lowest BCUT2D eigenvalue weighted by Gasteiger charge is -2.14. The molecule has 0 amide bonds. The van der Waals surface area contributed by atoms with E-state index in [0.717, 1.165) is 13.1 Å². The number of rotatable bonds is 6. The molecular weight excluding hydrogens is 168 g/mol. The molecule has 1 atom stereocenters. The van der Waals surface area contributed by atoms with Crippen LogP contribution >= 0.6 is 0 Å². The first-order chi connectivity index (χ1) is 6.07. The number of hydrogen-bond acceptors (Lipinski definition) is 4. The van der Waals surface area contributed by atoms with Gasteiger partial charge in [-0.05, 0) is 27.9 Å². The second-order valence-corrected chi connectivity index (χ2v) is 3.23. The van der Waals surface area contributed by atoms with Gasteiger partial charge < -0.3 is 15.0 Å². The van der Waals surface area contributed by atoms with Crippen LogP contribution < -0.4 is 5.32 Å².